The maximum Gasteiger partial charge on any atom is 0.177 e. The van der Waals surface area contributed by atoms with Crippen LogP contribution in [0.1, 0.15) is 27.5 Å². The average molecular weight is 339 g/mol. The Bertz CT molecular complexity index is 874. The SMILES string of the molecule is COc1ccc2c(c1)CC1c3c(cc(OC)c(OC)c3-2)C(=O)CN1C. The molecule has 1 heterocycles. The zero-order valence-corrected chi connectivity index (χ0v) is 14.9. The van der Waals surface area contributed by atoms with Gasteiger partial charge in [0.1, 0.15) is 5.75 Å². The molecule has 25 heavy (non-hydrogen) atoms. The summed E-state index contributed by atoms with van der Waals surface area (Å²) in [5.74, 6) is 2.23. The third-order valence-corrected chi connectivity index (χ3v) is 5.26. The predicted octanol–water partition coefficient (Wildman–Crippen LogP) is 3.10. The number of methoxy groups -OCH3 is 3. The number of likely N-dealkylation sites (N-methyl/N-ethyl adjacent to an activating group) is 1. The van der Waals surface area contributed by atoms with E-state index in [9.17, 15) is 4.79 Å². The third kappa shape index (κ3) is 2.23. The Kier molecular flexibility index (Phi) is 3.69. The third-order valence-electron chi connectivity index (χ3n) is 5.26. The lowest BCUT2D eigenvalue weighted by atomic mass is 9.76. The largest absolute Gasteiger partial charge is 0.497 e. The van der Waals surface area contributed by atoms with Crippen molar-refractivity contribution in [3.05, 3.63) is 41.0 Å². The molecule has 2 aromatic carbocycles. The van der Waals surface area contributed by atoms with E-state index in [1.54, 1.807) is 21.3 Å². The summed E-state index contributed by atoms with van der Waals surface area (Å²) in [4.78, 5) is 14.8. The van der Waals surface area contributed by atoms with E-state index in [1.807, 2.05) is 25.2 Å². The zero-order valence-electron chi connectivity index (χ0n) is 14.9. The van der Waals surface area contributed by atoms with E-state index in [1.165, 1.54) is 5.56 Å². The molecule has 5 nitrogen and oxygen atoms in total. The van der Waals surface area contributed by atoms with Crippen LogP contribution in [0.2, 0.25) is 0 Å². The van der Waals surface area contributed by atoms with Crippen LogP contribution in [0.15, 0.2) is 24.3 Å². The van der Waals surface area contributed by atoms with Crippen LogP contribution in [-0.2, 0) is 6.42 Å². The van der Waals surface area contributed by atoms with E-state index in [0.717, 1.165) is 34.4 Å². The predicted molar refractivity (Wildman–Crippen MR) is 94.9 cm³/mol. The van der Waals surface area contributed by atoms with Crippen LogP contribution in [0, 0.1) is 0 Å². The molecule has 0 spiro atoms. The molecule has 0 amide bonds. The number of ether oxygens (including phenoxy) is 3. The number of ketones is 1. The van der Waals surface area contributed by atoms with Gasteiger partial charge >= 0.3 is 0 Å². The number of hydrogen-bond donors (Lipinski definition) is 0. The van der Waals surface area contributed by atoms with Crippen LogP contribution < -0.4 is 14.2 Å². The molecule has 1 atom stereocenters. The number of Topliss-reactive ketones (excluding diaryl/α,β-unsaturated/α-hetero) is 1. The molecule has 0 bridgehead atoms. The average Bonchev–Trinajstić information content (AvgIpc) is 2.63. The van der Waals surface area contributed by atoms with Crippen LogP contribution in [0.4, 0.5) is 0 Å². The first-order valence-corrected chi connectivity index (χ1v) is 8.28. The maximum atomic E-state index is 12.7. The first-order chi connectivity index (χ1) is 12.1. The zero-order chi connectivity index (χ0) is 17.7. The van der Waals surface area contributed by atoms with Gasteiger partial charge in [-0.15, -0.1) is 0 Å². The Balaban J connectivity index is 2.09. The van der Waals surface area contributed by atoms with Crippen molar-refractivity contribution >= 4 is 5.78 Å². The highest BCUT2D eigenvalue weighted by atomic mass is 16.5. The summed E-state index contributed by atoms with van der Waals surface area (Å²) in [7, 11) is 6.91. The summed E-state index contributed by atoms with van der Waals surface area (Å²) in [5, 5.41) is 0. The summed E-state index contributed by atoms with van der Waals surface area (Å²) in [6.45, 7) is 0.409. The van der Waals surface area contributed by atoms with Crippen molar-refractivity contribution in [3.63, 3.8) is 0 Å². The molecule has 0 saturated heterocycles. The molecular formula is C20H21NO4. The van der Waals surface area contributed by atoms with Gasteiger partial charge in [-0.3, -0.25) is 9.69 Å². The van der Waals surface area contributed by atoms with Crippen LogP contribution in [-0.4, -0.2) is 45.6 Å². The Morgan fingerprint density at radius 2 is 1.84 bits per heavy atom. The minimum absolute atomic E-state index is 0.118. The number of rotatable bonds is 3. The number of carbonyl (C=O) groups excluding carboxylic acids is 1. The second-order valence-corrected chi connectivity index (χ2v) is 6.53. The summed E-state index contributed by atoms with van der Waals surface area (Å²) in [5.41, 5.74) is 5.03. The van der Waals surface area contributed by atoms with Crippen molar-refractivity contribution in [2.24, 2.45) is 0 Å². The van der Waals surface area contributed by atoms with E-state index < -0.39 is 0 Å². The highest BCUT2D eigenvalue weighted by Gasteiger charge is 2.39. The molecule has 130 valence electrons. The molecule has 1 unspecified atom stereocenters. The van der Waals surface area contributed by atoms with Gasteiger partial charge in [-0.2, -0.15) is 0 Å². The van der Waals surface area contributed by atoms with Crippen LogP contribution in [0.5, 0.6) is 17.2 Å². The first kappa shape index (κ1) is 16.0. The second kappa shape index (κ2) is 5.77. The molecule has 1 aliphatic carbocycles. The standard InChI is InChI=1S/C20H21NO4/c1-21-10-16(22)14-9-17(24-3)20(25-4)19-13-6-5-12(23-2)7-11(13)8-15(21)18(14)19/h5-7,9,15H,8,10H2,1-4H3. The lowest BCUT2D eigenvalue weighted by molar-refractivity contribution is 0.0884. The highest BCUT2D eigenvalue weighted by Crippen LogP contribution is 2.52. The van der Waals surface area contributed by atoms with E-state index in [2.05, 4.69) is 11.0 Å². The first-order valence-electron chi connectivity index (χ1n) is 8.28. The fourth-order valence-electron chi connectivity index (χ4n) is 4.07. The fourth-order valence-corrected chi connectivity index (χ4v) is 4.07. The Morgan fingerprint density at radius 1 is 1.04 bits per heavy atom. The quantitative estimate of drug-likeness (QED) is 0.860. The topological polar surface area (TPSA) is 48.0 Å². The normalized spacial score (nSPS) is 18.4. The second-order valence-electron chi connectivity index (χ2n) is 6.53. The van der Waals surface area contributed by atoms with Crippen molar-refractivity contribution in [2.45, 2.75) is 12.5 Å². The summed E-state index contributed by atoms with van der Waals surface area (Å²) in [6.07, 6.45) is 0.839. The van der Waals surface area contributed by atoms with Crippen molar-refractivity contribution in [3.8, 4) is 28.4 Å². The summed E-state index contributed by atoms with van der Waals surface area (Å²) in [6, 6.07) is 8.03. The lowest BCUT2D eigenvalue weighted by Gasteiger charge is -2.39. The van der Waals surface area contributed by atoms with Gasteiger partial charge < -0.3 is 14.2 Å². The number of hydrogen-bond acceptors (Lipinski definition) is 5. The molecule has 0 saturated carbocycles. The summed E-state index contributed by atoms with van der Waals surface area (Å²) >= 11 is 0. The van der Waals surface area contributed by atoms with Gasteiger partial charge in [0.25, 0.3) is 0 Å². The van der Waals surface area contributed by atoms with Crippen LogP contribution in [0.25, 0.3) is 11.1 Å². The monoisotopic (exact) mass is 339 g/mol. The van der Waals surface area contributed by atoms with Crippen LogP contribution in [0.3, 0.4) is 0 Å². The Labute approximate surface area is 147 Å². The molecular weight excluding hydrogens is 318 g/mol. The van der Waals surface area contributed by atoms with Gasteiger partial charge in [0.15, 0.2) is 17.3 Å². The smallest absolute Gasteiger partial charge is 0.177 e. The molecule has 0 aromatic heterocycles. The van der Waals surface area contributed by atoms with Gasteiger partial charge in [-0.25, -0.2) is 0 Å². The number of benzene rings is 2. The number of carbonyl (C=O) groups is 1. The Morgan fingerprint density at radius 3 is 2.52 bits per heavy atom. The van der Waals surface area contributed by atoms with E-state index in [4.69, 9.17) is 14.2 Å². The van der Waals surface area contributed by atoms with E-state index >= 15 is 0 Å². The van der Waals surface area contributed by atoms with Gasteiger partial charge in [0.05, 0.1) is 27.9 Å². The molecule has 4 rings (SSSR count). The molecule has 0 N–H and O–H groups in total. The van der Waals surface area contributed by atoms with Gasteiger partial charge in [-0.1, -0.05) is 6.07 Å². The fraction of sp³-hybridized carbons (Fsp3) is 0.350. The van der Waals surface area contributed by atoms with E-state index in [-0.39, 0.29) is 11.8 Å². The van der Waals surface area contributed by atoms with Crippen molar-refractivity contribution < 1.29 is 19.0 Å². The van der Waals surface area contributed by atoms with Gasteiger partial charge in [0, 0.05) is 17.2 Å². The molecule has 1 aliphatic heterocycles. The van der Waals surface area contributed by atoms with Crippen molar-refractivity contribution in [1.82, 2.24) is 4.90 Å². The van der Waals surface area contributed by atoms with Gasteiger partial charge in [-0.05, 0) is 48.4 Å². The van der Waals surface area contributed by atoms with Crippen LogP contribution >= 0.6 is 0 Å². The van der Waals surface area contributed by atoms with Crippen molar-refractivity contribution in [2.75, 3.05) is 34.9 Å². The van der Waals surface area contributed by atoms with E-state index in [0.29, 0.717) is 18.0 Å². The minimum Gasteiger partial charge on any atom is -0.497 e. The maximum absolute atomic E-state index is 12.7. The van der Waals surface area contributed by atoms with Gasteiger partial charge in [0.2, 0.25) is 0 Å². The molecule has 2 aliphatic rings. The summed E-state index contributed by atoms with van der Waals surface area (Å²) < 4.78 is 16.6. The number of fused-ring (bicyclic) bond motifs is 2. The molecule has 0 radical (unpaired) electrons. The minimum atomic E-state index is 0.118. The molecule has 0 fully saturated rings. The molecule has 2 aromatic rings. The molecule has 5 heteroatoms. The van der Waals surface area contributed by atoms with Crippen molar-refractivity contribution in [1.29, 1.82) is 0 Å². The number of nitrogens with zero attached hydrogens (tertiary/aromatic N) is 1. The Hall–Kier alpha value is -2.53. The highest BCUT2D eigenvalue weighted by molar-refractivity contribution is 6.04. The lowest BCUT2D eigenvalue weighted by Crippen LogP contribution is -2.39.